The highest BCUT2D eigenvalue weighted by Crippen LogP contribution is 2.15. The third-order valence-electron chi connectivity index (χ3n) is 1.74. The predicted molar refractivity (Wildman–Crippen MR) is 53.3 cm³/mol. The van der Waals surface area contributed by atoms with Gasteiger partial charge in [-0.25, -0.2) is 4.79 Å². The first-order chi connectivity index (χ1) is 6.74. The molecule has 3 nitrogen and oxygen atoms in total. The Balaban J connectivity index is 2.52. The molecule has 76 valence electrons. The van der Waals surface area contributed by atoms with Gasteiger partial charge in [0.05, 0.1) is 0 Å². The van der Waals surface area contributed by atoms with Crippen LogP contribution < -0.4 is 4.74 Å². The summed E-state index contributed by atoms with van der Waals surface area (Å²) >= 11 is 0. The molecule has 0 amide bonds. The molecule has 0 aliphatic carbocycles. The summed E-state index contributed by atoms with van der Waals surface area (Å²) in [5.41, 5.74) is 0.942. The molecule has 0 N–H and O–H groups in total. The van der Waals surface area contributed by atoms with Gasteiger partial charge in [-0.1, -0.05) is 18.2 Å². The minimum Gasteiger partial charge on any atom is -0.425 e. The number of aryl methyl sites for hydroxylation is 1. The van der Waals surface area contributed by atoms with Crippen LogP contribution in [-0.4, -0.2) is 19.2 Å². The van der Waals surface area contributed by atoms with E-state index in [1.165, 1.54) is 0 Å². The average molecular weight is 194 g/mol. The van der Waals surface area contributed by atoms with Gasteiger partial charge < -0.3 is 9.47 Å². The monoisotopic (exact) mass is 194 g/mol. The van der Waals surface area contributed by atoms with Gasteiger partial charge in [-0.2, -0.15) is 0 Å². The molecular weight excluding hydrogens is 180 g/mol. The van der Waals surface area contributed by atoms with E-state index in [1.54, 1.807) is 6.07 Å². The highest BCUT2D eigenvalue weighted by atomic mass is 16.6. The summed E-state index contributed by atoms with van der Waals surface area (Å²) in [6.45, 7) is 4.25. The molecule has 0 fully saturated rings. The number of esters is 1. The number of hydrogen-bond acceptors (Lipinski definition) is 3. The molecule has 0 unspecified atom stereocenters. The minimum atomic E-state index is -0.360. The summed E-state index contributed by atoms with van der Waals surface area (Å²) in [5.74, 6) is 0.235. The Morgan fingerprint density at radius 2 is 2.07 bits per heavy atom. The molecule has 1 aromatic rings. The van der Waals surface area contributed by atoms with E-state index in [2.05, 4.69) is 0 Å². The summed E-state index contributed by atoms with van der Waals surface area (Å²) in [6.07, 6.45) is 0. The third-order valence-corrected chi connectivity index (χ3v) is 1.74. The molecule has 1 aromatic carbocycles. The van der Waals surface area contributed by atoms with Crippen molar-refractivity contribution in [3.8, 4) is 5.75 Å². The molecule has 0 bridgehead atoms. The summed E-state index contributed by atoms with van der Waals surface area (Å²) in [7, 11) is 0. The van der Waals surface area contributed by atoms with Crippen molar-refractivity contribution in [2.75, 3.05) is 13.2 Å². The van der Waals surface area contributed by atoms with Crippen molar-refractivity contribution < 1.29 is 14.3 Å². The van der Waals surface area contributed by atoms with E-state index >= 15 is 0 Å². The summed E-state index contributed by atoms with van der Waals surface area (Å²) in [6, 6.07) is 7.38. The molecule has 0 aliphatic heterocycles. The number of carbonyl (C=O) groups excluding carboxylic acids is 1. The number of carbonyl (C=O) groups is 1. The van der Waals surface area contributed by atoms with Crippen molar-refractivity contribution in [2.24, 2.45) is 0 Å². The van der Waals surface area contributed by atoms with Crippen LogP contribution in [0.3, 0.4) is 0 Å². The SMILES string of the molecule is CCOCC(=O)Oc1ccccc1C. The smallest absolute Gasteiger partial charge is 0.337 e. The van der Waals surface area contributed by atoms with Gasteiger partial charge in [0.15, 0.2) is 0 Å². The fourth-order valence-corrected chi connectivity index (χ4v) is 1.01. The van der Waals surface area contributed by atoms with Crippen LogP contribution in [0.25, 0.3) is 0 Å². The van der Waals surface area contributed by atoms with Gasteiger partial charge in [0, 0.05) is 6.61 Å². The van der Waals surface area contributed by atoms with Crippen LogP contribution in [-0.2, 0) is 9.53 Å². The highest BCUT2D eigenvalue weighted by molar-refractivity contribution is 5.73. The topological polar surface area (TPSA) is 35.5 Å². The number of hydrogen-bond donors (Lipinski definition) is 0. The normalized spacial score (nSPS) is 9.86. The first kappa shape index (κ1) is 10.7. The van der Waals surface area contributed by atoms with E-state index < -0.39 is 0 Å². The molecule has 0 spiro atoms. The predicted octanol–water partition coefficient (Wildman–Crippen LogP) is 1.94. The molecule has 0 radical (unpaired) electrons. The van der Waals surface area contributed by atoms with E-state index in [9.17, 15) is 4.79 Å². The molecule has 0 aromatic heterocycles. The molecule has 0 atom stereocenters. The summed E-state index contributed by atoms with van der Waals surface area (Å²) < 4.78 is 10.0. The van der Waals surface area contributed by atoms with Crippen molar-refractivity contribution in [3.05, 3.63) is 29.8 Å². The third kappa shape index (κ3) is 3.18. The molecule has 0 aliphatic rings. The fraction of sp³-hybridized carbons (Fsp3) is 0.364. The summed E-state index contributed by atoms with van der Waals surface area (Å²) in [5, 5.41) is 0. The Morgan fingerprint density at radius 3 is 2.71 bits per heavy atom. The van der Waals surface area contributed by atoms with Crippen LogP contribution in [0.4, 0.5) is 0 Å². The Bertz CT molecular complexity index is 307. The van der Waals surface area contributed by atoms with Gasteiger partial charge in [0.2, 0.25) is 0 Å². The van der Waals surface area contributed by atoms with Crippen molar-refractivity contribution >= 4 is 5.97 Å². The quantitative estimate of drug-likeness (QED) is 0.542. The lowest BCUT2D eigenvalue weighted by Gasteiger charge is -2.06. The van der Waals surface area contributed by atoms with Gasteiger partial charge >= 0.3 is 5.97 Å². The second-order valence-corrected chi connectivity index (χ2v) is 2.88. The first-order valence-corrected chi connectivity index (χ1v) is 4.58. The van der Waals surface area contributed by atoms with Gasteiger partial charge in [-0.05, 0) is 25.5 Å². The maximum absolute atomic E-state index is 11.2. The van der Waals surface area contributed by atoms with E-state index in [-0.39, 0.29) is 12.6 Å². The molecular formula is C11H14O3. The number of rotatable bonds is 4. The maximum atomic E-state index is 11.2. The van der Waals surface area contributed by atoms with Crippen LogP contribution >= 0.6 is 0 Å². The van der Waals surface area contributed by atoms with Crippen LogP contribution in [0, 0.1) is 6.92 Å². The zero-order chi connectivity index (χ0) is 10.4. The van der Waals surface area contributed by atoms with Gasteiger partial charge in [-0.3, -0.25) is 0 Å². The van der Waals surface area contributed by atoms with E-state index in [0.717, 1.165) is 5.56 Å². The molecule has 3 heteroatoms. The highest BCUT2D eigenvalue weighted by Gasteiger charge is 2.05. The average Bonchev–Trinajstić information content (AvgIpc) is 2.18. The number of ether oxygens (including phenoxy) is 2. The van der Waals surface area contributed by atoms with Crippen molar-refractivity contribution in [1.29, 1.82) is 0 Å². The van der Waals surface area contributed by atoms with Crippen LogP contribution in [0.15, 0.2) is 24.3 Å². The second kappa shape index (κ2) is 5.40. The first-order valence-electron chi connectivity index (χ1n) is 4.58. The molecule has 14 heavy (non-hydrogen) atoms. The number of benzene rings is 1. The molecule has 1 rings (SSSR count). The Kier molecular flexibility index (Phi) is 4.13. The van der Waals surface area contributed by atoms with Gasteiger partial charge in [-0.15, -0.1) is 0 Å². The zero-order valence-electron chi connectivity index (χ0n) is 8.45. The Labute approximate surface area is 83.6 Å². The van der Waals surface area contributed by atoms with Crippen LogP contribution in [0.1, 0.15) is 12.5 Å². The molecule has 0 saturated heterocycles. The lowest BCUT2D eigenvalue weighted by atomic mass is 10.2. The molecule has 0 heterocycles. The van der Waals surface area contributed by atoms with Gasteiger partial charge in [0.25, 0.3) is 0 Å². The van der Waals surface area contributed by atoms with E-state index in [1.807, 2.05) is 32.0 Å². The number of para-hydroxylation sites is 1. The Morgan fingerprint density at radius 1 is 1.36 bits per heavy atom. The minimum absolute atomic E-state index is 0.00480. The second-order valence-electron chi connectivity index (χ2n) is 2.88. The molecule has 0 saturated carbocycles. The lowest BCUT2D eigenvalue weighted by Crippen LogP contribution is -2.15. The van der Waals surface area contributed by atoms with E-state index in [4.69, 9.17) is 9.47 Å². The van der Waals surface area contributed by atoms with Crippen molar-refractivity contribution in [3.63, 3.8) is 0 Å². The largest absolute Gasteiger partial charge is 0.425 e. The summed E-state index contributed by atoms with van der Waals surface area (Å²) in [4.78, 5) is 11.2. The standard InChI is InChI=1S/C11H14O3/c1-3-13-8-11(12)14-10-7-5-4-6-9(10)2/h4-7H,3,8H2,1-2H3. The van der Waals surface area contributed by atoms with Crippen LogP contribution in [0.2, 0.25) is 0 Å². The van der Waals surface area contributed by atoms with Crippen molar-refractivity contribution in [1.82, 2.24) is 0 Å². The van der Waals surface area contributed by atoms with Gasteiger partial charge in [0.1, 0.15) is 12.4 Å². The van der Waals surface area contributed by atoms with E-state index in [0.29, 0.717) is 12.4 Å². The Hall–Kier alpha value is -1.35. The zero-order valence-corrected chi connectivity index (χ0v) is 8.45. The van der Waals surface area contributed by atoms with Crippen LogP contribution in [0.5, 0.6) is 5.75 Å². The lowest BCUT2D eigenvalue weighted by molar-refractivity contribution is -0.139. The van der Waals surface area contributed by atoms with Crippen molar-refractivity contribution in [2.45, 2.75) is 13.8 Å². The fourth-order valence-electron chi connectivity index (χ4n) is 1.01. The maximum Gasteiger partial charge on any atom is 0.337 e.